The Morgan fingerprint density at radius 3 is 2.24 bits per heavy atom. The summed E-state index contributed by atoms with van der Waals surface area (Å²) in [5.74, 6) is -0.174. The van der Waals surface area contributed by atoms with E-state index in [1.165, 1.54) is 11.8 Å². The quantitative estimate of drug-likeness (QED) is 0.443. The van der Waals surface area contributed by atoms with Crippen molar-refractivity contribution >= 4 is 46.5 Å². The first-order chi connectivity index (χ1) is 14.0. The molecule has 0 bridgehead atoms. The van der Waals surface area contributed by atoms with Gasteiger partial charge in [-0.2, -0.15) is 0 Å². The number of halogens is 1. The summed E-state index contributed by atoms with van der Waals surface area (Å²) in [4.78, 5) is 39.7. The third kappa shape index (κ3) is 3.37. The normalized spacial score (nSPS) is 12.3. The SMILES string of the molecule is CCSc1c(C(=O)Nc2ccccc2Cl)ccc2c1C(=O)c1ccccc1C2=O. The second kappa shape index (κ2) is 7.85. The zero-order valence-corrected chi connectivity index (χ0v) is 17.1. The van der Waals surface area contributed by atoms with Gasteiger partial charge in [-0.3, -0.25) is 14.4 Å². The highest BCUT2D eigenvalue weighted by Gasteiger charge is 2.33. The Hall–Kier alpha value is -2.89. The molecule has 0 atom stereocenters. The van der Waals surface area contributed by atoms with Crippen LogP contribution in [0.1, 0.15) is 49.1 Å². The van der Waals surface area contributed by atoms with Crippen molar-refractivity contribution < 1.29 is 14.4 Å². The summed E-state index contributed by atoms with van der Waals surface area (Å²) in [6.07, 6.45) is 0. The summed E-state index contributed by atoms with van der Waals surface area (Å²) in [5, 5.41) is 3.22. The van der Waals surface area contributed by atoms with Crippen molar-refractivity contribution in [2.75, 3.05) is 11.1 Å². The zero-order chi connectivity index (χ0) is 20.5. The van der Waals surface area contributed by atoms with Crippen LogP contribution in [-0.4, -0.2) is 23.2 Å². The molecular weight excluding hydrogens is 406 g/mol. The molecule has 1 amide bonds. The summed E-state index contributed by atoms with van der Waals surface area (Å²) in [7, 11) is 0. The van der Waals surface area contributed by atoms with Crippen molar-refractivity contribution in [2.24, 2.45) is 0 Å². The fraction of sp³-hybridized carbons (Fsp3) is 0.0870. The molecule has 0 radical (unpaired) electrons. The zero-order valence-electron chi connectivity index (χ0n) is 15.5. The van der Waals surface area contributed by atoms with Gasteiger partial charge in [0, 0.05) is 27.1 Å². The number of hydrogen-bond donors (Lipinski definition) is 1. The van der Waals surface area contributed by atoms with Crippen LogP contribution in [0.5, 0.6) is 0 Å². The molecule has 0 aliphatic heterocycles. The highest BCUT2D eigenvalue weighted by atomic mass is 35.5. The van der Waals surface area contributed by atoms with Crippen molar-refractivity contribution in [1.82, 2.24) is 0 Å². The van der Waals surface area contributed by atoms with Crippen LogP contribution in [0.2, 0.25) is 5.02 Å². The number of carbonyl (C=O) groups excluding carboxylic acids is 3. The number of benzene rings is 3. The molecule has 6 heteroatoms. The predicted molar refractivity (Wildman–Crippen MR) is 116 cm³/mol. The summed E-state index contributed by atoms with van der Waals surface area (Å²) in [5.41, 5.74) is 2.22. The van der Waals surface area contributed by atoms with Gasteiger partial charge in [-0.25, -0.2) is 0 Å². The topological polar surface area (TPSA) is 63.2 Å². The lowest BCUT2D eigenvalue weighted by Gasteiger charge is -2.21. The molecular formula is C23H16ClNO3S. The minimum atomic E-state index is -0.379. The molecule has 0 saturated carbocycles. The molecule has 3 aromatic carbocycles. The molecule has 29 heavy (non-hydrogen) atoms. The van der Waals surface area contributed by atoms with Crippen LogP contribution in [0.25, 0.3) is 0 Å². The molecule has 1 N–H and O–H groups in total. The lowest BCUT2D eigenvalue weighted by Crippen LogP contribution is -2.24. The summed E-state index contributed by atoms with van der Waals surface area (Å²) < 4.78 is 0. The Labute approximate surface area is 177 Å². The Morgan fingerprint density at radius 2 is 1.55 bits per heavy atom. The first-order valence-corrected chi connectivity index (χ1v) is 10.4. The maximum atomic E-state index is 13.2. The number of fused-ring (bicyclic) bond motifs is 2. The molecule has 0 fully saturated rings. The van der Waals surface area contributed by atoms with E-state index in [2.05, 4.69) is 5.32 Å². The standard InChI is InChI=1S/C23H16ClNO3S/c1-2-29-22-16(23(28)25-18-10-6-5-9-17(18)24)12-11-15-19(22)21(27)14-8-4-3-7-13(14)20(15)26/h3-12H,2H2,1H3,(H,25,28). The number of rotatable bonds is 4. The van der Waals surface area contributed by atoms with Gasteiger partial charge < -0.3 is 5.32 Å². The molecule has 4 nitrogen and oxygen atoms in total. The molecule has 3 aromatic rings. The van der Waals surface area contributed by atoms with Crippen LogP contribution in [0.15, 0.2) is 65.6 Å². The van der Waals surface area contributed by atoms with E-state index in [-0.39, 0.29) is 17.5 Å². The average molecular weight is 422 g/mol. The number of ketones is 2. The van der Waals surface area contributed by atoms with Gasteiger partial charge in [-0.05, 0) is 30.0 Å². The Balaban J connectivity index is 1.83. The van der Waals surface area contributed by atoms with Gasteiger partial charge in [0.2, 0.25) is 0 Å². The van der Waals surface area contributed by atoms with Crippen LogP contribution >= 0.6 is 23.4 Å². The summed E-state index contributed by atoms with van der Waals surface area (Å²) >= 11 is 7.53. The van der Waals surface area contributed by atoms with E-state index in [9.17, 15) is 14.4 Å². The van der Waals surface area contributed by atoms with E-state index in [0.717, 1.165) is 0 Å². The lowest BCUT2D eigenvalue weighted by atomic mass is 9.83. The molecule has 4 rings (SSSR count). The van der Waals surface area contributed by atoms with Gasteiger partial charge in [0.05, 0.1) is 16.3 Å². The Kier molecular flexibility index (Phi) is 5.26. The van der Waals surface area contributed by atoms with E-state index in [1.807, 2.05) is 6.92 Å². The number of para-hydroxylation sites is 1. The smallest absolute Gasteiger partial charge is 0.256 e. The molecule has 0 aromatic heterocycles. The third-order valence-electron chi connectivity index (χ3n) is 4.70. The van der Waals surface area contributed by atoms with Gasteiger partial charge in [0.1, 0.15) is 0 Å². The summed E-state index contributed by atoms with van der Waals surface area (Å²) in [6.45, 7) is 1.93. The number of carbonyl (C=O) groups is 3. The summed E-state index contributed by atoms with van der Waals surface area (Å²) in [6, 6.07) is 16.9. The van der Waals surface area contributed by atoms with Gasteiger partial charge in [0.25, 0.3) is 5.91 Å². The van der Waals surface area contributed by atoms with Gasteiger partial charge in [0.15, 0.2) is 11.6 Å². The third-order valence-corrected chi connectivity index (χ3v) is 6.03. The maximum Gasteiger partial charge on any atom is 0.256 e. The number of hydrogen-bond acceptors (Lipinski definition) is 4. The lowest BCUT2D eigenvalue weighted by molar-refractivity contribution is 0.0975. The monoisotopic (exact) mass is 421 g/mol. The van der Waals surface area contributed by atoms with Crippen molar-refractivity contribution in [3.05, 3.63) is 93.5 Å². The van der Waals surface area contributed by atoms with Crippen LogP contribution in [0, 0.1) is 0 Å². The average Bonchev–Trinajstić information content (AvgIpc) is 2.73. The molecule has 0 heterocycles. The second-order valence-electron chi connectivity index (χ2n) is 6.44. The first-order valence-electron chi connectivity index (χ1n) is 9.07. The number of nitrogens with one attached hydrogen (secondary N) is 1. The molecule has 1 aliphatic carbocycles. The van der Waals surface area contributed by atoms with Crippen molar-refractivity contribution in [1.29, 1.82) is 0 Å². The highest BCUT2D eigenvalue weighted by Crippen LogP contribution is 2.37. The van der Waals surface area contributed by atoms with Crippen LogP contribution in [0.4, 0.5) is 5.69 Å². The van der Waals surface area contributed by atoms with E-state index < -0.39 is 0 Å². The molecule has 0 unspecified atom stereocenters. The highest BCUT2D eigenvalue weighted by molar-refractivity contribution is 7.99. The fourth-order valence-electron chi connectivity index (χ4n) is 3.38. The Bertz CT molecular complexity index is 1170. The largest absolute Gasteiger partial charge is 0.321 e. The van der Waals surface area contributed by atoms with E-state index >= 15 is 0 Å². The predicted octanol–water partition coefficient (Wildman–Crippen LogP) is 5.48. The minimum absolute atomic E-state index is 0.203. The van der Waals surface area contributed by atoms with Crippen LogP contribution in [-0.2, 0) is 0 Å². The molecule has 0 spiro atoms. The van der Waals surface area contributed by atoms with Crippen molar-refractivity contribution in [2.45, 2.75) is 11.8 Å². The van der Waals surface area contributed by atoms with E-state index in [1.54, 1.807) is 60.7 Å². The van der Waals surface area contributed by atoms with Gasteiger partial charge in [-0.15, -0.1) is 11.8 Å². The van der Waals surface area contributed by atoms with E-state index in [4.69, 9.17) is 11.6 Å². The van der Waals surface area contributed by atoms with Crippen molar-refractivity contribution in [3.63, 3.8) is 0 Å². The first kappa shape index (κ1) is 19.4. The van der Waals surface area contributed by atoms with Gasteiger partial charge >= 0.3 is 0 Å². The Morgan fingerprint density at radius 1 is 0.897 bits per heavy atom. The molecule has 144 valence electrons. The number of anilines is 1. The number of amides is 1. The maximum absolute atomic E-state index is 13.2. The molecule has 1 aliphatic rings. The van der Waals surface area contributed by atoms with Gasteiger partial charge in [-0.1, -0.05) is 54.9 Å². The van der Waals surface area contributed by atoms with Crippen LogP contribution in [0.3, 0.4) is 0 Å². The minimum Gasteiger partial charge on any atom is -0.321 e. The van der Waals surface area contributed by atoms with E-state index in [0.29, 0.717) is 49.2 Å². The second-order valence-corrected chi connectivity index (χ2v) is 8.12. The number of thioether (sulfide) groups is 1. The van der Waals surface area contributed by atoms with Crippen LogP contribution < -0.4 is 5.32 Å². The fourth-order valence-corrected chi connectivity index (χ4v) is 4.52. The van der Waals surface area contributed by atoms with Crippen molar-refractivity contribution in [3.8, 4) is 0 Å². The molecule has 0 saturated heterocycles.